The number of aromatic nitrogens is 1. The van der Waals surface area contributed by atoms with E-state index in [0.29, 0.717) is 0 Å². The van der Waals surface area contributed by atoms with E-state index in [1.807, 2.05) is 0 Å². The zero-order valence-corrected chi connectivity index (χ0v) is 12.5. The van der Waals surface area contributed by atoms with Gasteiger partial charge in [0.25, 0.3) is 0 Å². The summed E-state index contributed by atoms with van der Waals surface area (Å²) < 4.78 is 8.04. The van der Waals surface area contributed by atoms with Crippen molar-refractivity contribution in [2.75, 3.05) is 13.2 Å². The second kappa shape index (κ2) is 6.59. The van der Waals surface area contributed by atoms with E-state index in [2.05, 4.69) is 72.2 Å². The summed E-state index contributed by atoms with van der Waals surface area (Å²) in [6.45, 7) is 4.62. The number of hydrogen-bond donors (Lipinski definition) is 0. The molecule has 3 rings (SSSR count). The lowest BCUT2D eigenvalue weighted by atomic mass is 10.1. The third-order valence-corrected chi connectivity index (χ3v) is 3.69. The fourth-order valence-corrected chi connectivity index (χ4v) is 2.70. The summed E-state index contributed by atoms with van der Waals surface area (Å²) in [5.41, 5.74) is 3.79. The van der Waals surface area contributed by atoms with Gasteiger partial charge in [-0.3, -0.25) is 0 Å². The molecule has 0 aliphatic rings. The highest BCUT2D eigenvalue weighted by Gasteiger charge is 2.09. The molecule has 0 spiro atoms. The smallest absolute Gasteiger partial charge is 0.0645 e. The third kappa shape index (κ3) is 3.01. The molecule has 0 amide bonds. The van der Waals surface area contributed by atoms with Gasteiger partial charge in [0.1, 0.15) is 0 Å². The van der Waals surface area contributed by atoms with Crippen molar-refractivity contribution in [3.8, 4) is 11.3 Å². The molecule has 3 aromatic rings. The molecule has 0 atom stereocenters. The lowest BCUT2D eigenvalue weighted by molar-refractivity contribution is 0.128. The summed E-state index contributed by atoms with van der Waals surface area (Å²) in [6.07, 6.45) is 1.07. The fraction of sp³-hybridized carbons (Fsp3) is 0.263. The maximum atomic E-state index is 5.68. The van der Waals surface area contributed by atoms with E-state index in [-0.39, 0.29) is 0 Å². The molecule has 0 unspecified atom stereocenters. The minimum absolute atomic E-state index is 0.756. The molecule has 0 saturated heterocycles. The van der Waals surface area contributed by atoms with E-state index in [9.17, 15) is 0 Å². The number of fused-ring (bicyclic) bond motifs is 1. The van der Waals surface area contributed by atoms with Crippen LogP contribution in [-0.4, -0.2) is 17.8 Å². The number of nitrogens with zero attached hydrogens (tertiary/aromatic N) is 1. The summed E-state index contributed by atoms with van der Waals surface area (Å²) in [5.74, 6) is 0. The second-order valence-corrected chi connectivity index (χ2v) is 5.22. The first-order valence-corrected chi connectivity index (χ1v) is 7.61. The SMILES string of the molecule is CCCOCCn1c(-c2ccccc2)cc2ccccc21. The molecule has 2 nitrogen and oxygen atoms in total. The van der Waals surface area contributed by atoms with Gasteiger partial charge >= 0.3 is 0 Å². The summed E-state index contributed by atoms with van der Waals surface area (Å²) in [7, 11) is 0. The van der Waals surface area contributed by atoms with Gasteiger partial charge in [-0.05, 0) is 24.1 Å². The van der Waals surface area contributed by atoms with E-state index >= 15 is 0 Å². The van der Waals surface area contributed by atoms with Crippen LogP contribution in [-0.2, 0) is 11.3 Å². The van der Waals surface area contributed by atoms with E-state index in [1.54, 1.807) is 0 Å². The van der Waals surface area contributed by atoms with Crippen LogP contribution in [0.2, 0.25) is 0 Å². The van der Waals surface area contributed by atoms with Crippen molar-refractivity contribution < 1.29 is 4.74 Å². The molecule has 0 N–H and O–H groups in total. The van der Waals surface area contributed by atoms with E-state index in [4.69, 9.17) is 4.74 Å². The monoisotopic (exact) mass is 279 g/mol. The Morgan fingerprint density at radius 1 is 0.905 bits per heavy atom. The highest BCUT2D eigenvalue weighted by Crippen LogP contribution is 2.28. The fourth-order valence-electron chi connectivity index (χ4n) is 2.70. The quantitative estimate of drug-likeness (QED) is 0.595. The molecular formula is C19H21NO. The summed E-state index contributed by atoms with van der Waals surface area (Å²) in [4.78, 5) is 0. The van der Waals surface area contributed by atoms with Crippen LogP contribution in [0, 0.1) is 0 Å². The molecule has 0 aliphatic heterocycles. The zero-order valence-electron chi connectivity index (χ0n) is 12.5. The first kappa shape index (κ1) is 13.9. The van der Waals surface area contributed by atoms with E-state index < -0.39 is 0 Å². The lowest BCUT2D eigenvalue weighted by Crippen LogP contribution is -2.07. The van der Waals surface area contributed by atoms with Gasteiger partial charge in [0.15, 0.2) is 0 Å². The number of benzene rings is 2. The number of hydrogen-bond acceptors (Lipinski definition) is 1. The molecule has 0 bridgehead atoms. The van der Waals surface area contributed by atoms with Crippen LogP contribution in [0.4, 0.5) is 0 Å². The first-order valence-electron chi connectivity index (χ1n) is 7.61. The minimum Gasteiger partial charge on any atom is -0.380 e. The number of rotatable bonds is 6. The maximum absolute atomic E-state index is 5.68. The third-order valence-electron chi connectivity index (χ3n) is 3.69. The van der Waals surface area contributed by atoms with Gasteiger partial charge < -0.3 is 9.30 Å². The van der Waals surface area contributed by atoms with Gasteiger partial charge in [-0.15, -0.1) is 0 Å². The molecule has 2 heteroatoms. The van der Waals surface area contributed by atoms with E-state index in [0.717, 1.165) is 26.2 Å². The summed E-state index contributed by atoms with van der Waals surface area (Å²) in [6, 6.07) is 21.4. The predicted molar refractivity (Wildman–Crippen MR) is 88.5 cm³/mol. The Hall–Kier alpha value is -2.06. The summed E-state index contributed by atoms with van der Waals surface area (Å²) >= 11 is 0. The largest absolute Gasteiger partial charge is 0.380 e. The van der Waals surface area contributed by atoms with Crippen LogP contribution in [0.25, 0.3) is 22.2 Å². The van der Waals surface area contributed by atoms with Gasteiger partial charge in [0, 0.05) is 29.7 Å². The molecule has 2 aromatic carbocycles. The van der Waals surface area contributed by atoms with Gasteiger partial charge in [-0.1, -0.05) is 55.5 Å². The first-order chi connectivity index (χ1) is 10.4. The second-order valence-electron chi connectivity index (χ2n) is 5.22. The van der Waals surface area contributed by atoms with E-state index in [1.165, 1.54) is 22.2 Å². The Labute approximate surface area is 126 Å². The van der Waals surface area contributed by atoms with Crippen molar-refractivity contribution in [1.29, 1.82) is 0 Å². The molecule has 0 radical (unpaired) electrons. The van der Waals surface area contributed by atoms with Crippen molar-refractivity contribution in [2.45, 2.75) is 19.9 Å². The molecular weight excluding hydrogens is 258 g/mol. The number of para-hydroxylation sites is 1. The molecule has 21 heavy (non-hydrogen) atoms. The molecule has 0 fully saturated rings. The topological polar surface area (TPSA) is 14.2 Å². The van der Waals surface area contributed by atoms with Crippen LogP contribution in [0.5, 0.6) is 0 Å². The van der Waals surface area contributed by atoms with Crippen LogP contribution in [0.1, 0.15) is 13.3 Å². The van der Waals surface area contributed by atoms with Gasteiger partial charge in [0.05, 0.1) is 6.61 Å². The van der Waals surface area contributed by atoms with Crippen LogP contribution >= 0.6 is 0 Å². The Morgan fingerprint density at radius 2 is 1.67 bits per heavy atom. The molecule has 1 aromatic heterocycles. The van der Waals surface area contributed by atoms with Crippen LogP contribution < -0.4 is 0 Å². The highest BCUT2D eigenvalue weighted by atomic mass is 16.5. The van der Waals surface area contributed by atoms with Crippen LogP contribution in [0.15, 0.2) is 60.7 Å². The normalized spacial score (nSPS) is 11.1. The van der Waals surface area contributed by atoms with Gasteiger partial charge in [-0.2, -0.15) is 0 Å². The van der Waals surface area contributed by atoms with Crippen molar-refractivity contribution in [2.24, 2.45) is 0 Å². The lowest BCUT2D eigenvalue weighted by Gasteiger charge is -2.11. The van der Waals surface area contributed by atoms with Crippen molar-refractivity contribution in [3.63, 3.8) is 0 Å². The van der Waals surface area contributed by atoms with Crippen molar-refractivity contribution in [3.05, 3.63) is 60.7 Å². The Balaban J connectivity index is 1.98. The molecule has 1 heterocycles. The van der Waals surface area contributed by atoms with Crippen LogP contribution in [0.3, 0.4) is 0 Å². The maximum Gasteiger partial charge on any atom is 0.0645 e. The highest BCUT2D eigenvalue weighted by molar-refractivity contribution is 5.87. The standard InChI is InChI=1S/C19H21NO/c1-2-13-21-14-12-20-18-11-7-6-10-17(18)15-19(20)16-8-4-3-5-9-16/h3-11,15H,2,12-14H2,1H3. The number of ether oxygens (including phenoxy) is 1. The Morgan fingerprint density at radius 3 is 2.48 bits per heavy atom. The predicted octanol–water partition coefficient (Wildman–Crippen LogP) is 4.73. The zero-order chi connectivity index (χ0) is 14.5. The van der Waals surface area contributed by atoms with Crippen molar-refractivity contribution >= 4 is 10.9 Å². The molecule has 0 aliphatic carbocycles. The molecule has 108 valence electrons. The Bertz CT molecular complexity index is 700. The van der Waals surface area contributed by atoms with Crippen molar-refractivity contribution in [1.82, 2.24) is 4.57 Å². The average Bonchev–Trinajstić information content (AvgIpc) is 2.91. The summed E-state index contributed by atoms with van der Waals surface area (Å²) in [5, 5.41) is 1.28. The Kier molecular flexibility index (Phi) is 4.37. The minimum atomic E-state index is 0.756. The average molecular weight is 279 g/mol. The van der Waals surface area contributed by atoms with Gasteiger partial charge in [-0.25, -0.2) is 0 Å². The van der Waals surface area contributed by atoms with Gasteiger partial charge in [0.2, 0.25) is 0 Å². The molecule has 0 saturated carbocycles.